The average molecular weight is 287 g/mol. The van der Waals surface area contributed by atoms with E-state index < -0.39 is 23.6 Å². The molecule has 0 aliphatic rings. The van der Waals surface area contributed by atoms with Crippen LogP contribution in [0.3, 0.4) is 0 Å². The summed E-state index contributed by atoms with van der Waals surface area (Å²) >= 11 is 5.60. The third kappa shape index (κ3) is 3.08. The monoisotopic (exact) mass is 286 g/mol. The van der Waals surface area contributed by atoms with Crippen molar-refractivity contribution >= 4 is 11.6 Å². The molecule has 0 heterocycles. The van der Waals surface area contributed by atoms with E-state index in [1.165, 1.54) is 24.3 Å². The molecule has 1 unspecified atom stereocenters. The Morgan fingerprint density at radius 1 is 1.05 bits per heavy atom. The van der Waals surface area contributed by atoms with Crippen LogP contribution in [-0.4, -0.2) is 5.11 Å². The average Bonchev–Trinajstić information content (AvgIpc) is 2.36. The van der Waals surface area contributed by atoms with Gasteiger partial charge >= 0.3 is 0 Å². The zero-order valence-electron chi connectivity index (χ0n) is 9.71. The van der Waals surface area contributed by atoms with Crippen LogP contribution in [0.25, 0.3) is 0 Å². The normalized spacial score (nSPS) is 12.5. The summed E-state index contributed by atoms with van der Waals surface area (Å²) in [5, 5.41) is 10.1. The number of aliphatic hydroxyl groups excluding tert-OH is 1. The minimum Gasteiger partial charge on any atom is -0.388 e. The van der Waals surface area contributed by atoms with Crippen LogP contribution in [0.1, 0.15) is 17.2 Å². The molecule has 1 N–H and O–H groups in total. The summed E-state index contributed by atoms with van der Waals surface area (Å²) in [4.78, 5) is 0. The molecule has 0 spiro atoms. The molecule has 0 radical (unpaired) electrons. The van der Waals surface area contributed by atoms with Crippen LogP contribution < -0.4 is 0 Å². The second kappa shape index (κ2) is 5.63. The molecule has 0 saturated carbocycles. The van der Waals surface area contributed by atoms with Crippen LogP contribution >= 0.6 is 11.6 Å². The van der Waals surface area contributed by atoms with E-state index in [1.807, 2.05) is 0 Å². The molecular formula is C14H10ClF3O. The lowest BCUT2D eigenvalue weighted by molar-refractivity contribution is 0.171. The second-order valence-corrected chi connectivity index (χ2v) is 4.54. The van der Waals surface area contributed by atoms with Gasteiger partial charge in [0.25, 0.3) is 0 Å². The highest BCUT2D eigenvalue weighted by Crippen LogP contribution is 2.24. The Morgan fingerprint density at radius 2 is 1.79 bits per heavy atom. The van der Waals surface area contributed by atoms with Crippen molar-refractivity contribution in [1.82, 2.24) is 0 Å². The quantitative estimate of drug-likeness (QED) is 0.903. The fourth-order valence-corrected chi connectivity index (χ4v) is 1.94. The molecule has 0 aliphatic carbocycles. The van der Waals surface area contributed by atoms with Gasteiger partial charge in [-0.1, -0.05) is 29.8 Å². The smallest absolute Gasteiger partial charge is 0.164 e. The summed E-state index contributed by atoms with van der Waals surface area (Å²) in [5.41, 5.74) is -0.0186. The van der Waals surface area contributed by atoms with Crippen molar-refractivity contribution in [3.63, 3.8) is 0 Å². The fourth-order valence-electron chi connectivity index (χ4n) is 1.78. The van der Waals surface area contributed by atoms with E-state index in [2.05, 4.69) is 0 Å². The zero-order valence-corrected chi connectivity index (χ0v) is 10.5. The largest absolute Gasteiger partial charge is 0.388 e. The summed E-state index contributed by atoms with van der Waals surface area (Å²) in [5.74, 6) is -2.76. The Kier molecular flexibility index (Phi) is 4.12. The third-order valence-corrected chi connectivity index (χ3v) is 3.00. The molecule has 1 nitrogen and oxygen atoms in total. The number of hydrogen-bond acceptors (Lipinski definition) is 1. The molecule has 100 valence electrons. The molecule has 5 heteroatoms. The van der Waals surface area contributed by atoms with Gasteiger partial charge in [-0.2, -0.15) is 0 Å². The van der Waals surface area contributed by atoms with Gasteiger partial charge in [0.05, 0.1) is 6.10 Å². The van der Waals surface area contributed by atoms with Gasteiger partial charge in [-0.3, -0.25) is 0 Å². The number of halogens is 4. The number of aliphatic hydroxyl groups is 1. The fraction of sp³-hybridized carbons (Fsp3) is 0.143. The maximum absolute atomic E-state index is 13.5. The Bertz CT molecular complexity index is 601. The van der Waals surface area contributed by atoms with Gasteiger partial charge in [-0.15, -0.1) is 0 Å². The van der Waals surface area contributed by atoms with E-state index in [4.69, 9.17) is 11.6 Å². The van der Waals surface area contributed by atoms with Crippen molar-refractivity contribution < 1.29 is 18.3 Å². The first-order valence-electron chi connectivity index (χ1n) is 5.55. The van der Waals surface area contributed by atoms with E-state index in [9.17, 15) is 18.3 Å². The van der Waals surface area contributed by atoms with Crippen LogP contribution in [-0.2, 0) is 6.42 Å². The lowest BCUT2D eigenvalue weighted by atomic mass is 10.0. The van der Waals surface area contributed by atoms with Crippen LogP contribution in [0.4, 0.5) is 13.2 Å². The lowest BCUT2D eigenvalue weighted by Crippen LogP contribution is -2.07. The maximum Gasteiger partial charge on any atom is 0.164 e. The van der Waals surface area contributed by atoms with Gasteiger partial charge in [-0.25, -0.2) is 13.2 Å². The molecule has 19 heavy (non-hydrogen) atoms. The van der Waals surface area contributed by atoms with Crippen molar-refractivity contribution in [2.75, 3.05) is 0 Å². The van der Waals surface area contributed by atoms with Crippen molar-refractivity contribution in [2.24, 2.45) is 0 Å². The number of rotatable bonds is 3. The van der Waals surface area contributed by atoms with E-state index >= 15 is 0 Å². The molecule has 0 fully saturated rings. The standard InChI is InChI=1S/C14H10ClF3O/c15-9-5-4-8(12(17)7-9)6-13(19)10-2-1-3-11(16)14(10)18/h1-5,7,13,19H,6H2. The van der Waals surface area contributed by atoms with Gasteiger partial charge in [0.1, 0.15) is 5.82 Å². The molecule has 2 aromatic rings. The first-order chi connectivity index (χ1) is 8.99. The highest BCUT2D eigenvalue weighted by molar-refractivity contribution is 6.30. The molecule has 2 rings (SSSR count). The van der Waals surface area contributed by atoms with E-state index in [0.717, 1.165) is 12.1 Å². The molecule has 2 aromatic carbocycles. The van der Waals surface area contributed by atoms with E-state index in [1.54, 1.807) is 0 Å². The van der Waals surface area contributed by atoms with Gasteiger partial charge < -0.3 is 5.11 Å². The molecule has 0 amide bonds. The minimum absolute atomic E-state index is 0.163. The molecule has 0 saturated heterocycles. The highest BCUT2D eigenvalue weighted by atomic mass is 35.5. The predicted octanol–water partition coefficient (Wildman–Crippen LogP) is 4.03. The molecule has 0 aromatic heterocycles. The maximum atomic E-state index is 13.5. The minimum atomic E-state index is -1.33. The summed E-state index contributed by atoms with van der Waals surface area (Å²) in [7, 11) is 0. The topological polar surface area (TPSA) is 20.2 Å². The van der Waals surface area contributed by atoms with Crippen molar-refractivity contribution in [3.05, 3.63) is 70.0 Å². The van der Waals surface area contributed by atoms with E-state index in [-0.39, 0.29) is 22.6 Å². The van der Waals surface area contributed by atoms with Crippen molar-refractivity contribution in [1.29, 1.82) is 0 Å². The summed E-state index contributed by atoms with van der Waals surface area (Å²) in [6, 6.07) is 7.47. The Morgan fingerprint density at radius 3 is 2.47 bits per heavy atom. The first-order valence-corrected chi connectivity index (χ1v) is 5.92. The highest BCUT2D eigenvalue weighted by Gasteiger charge is 2.17. The molecule has 0 aliphatic heterocycles. The van der Waals surface area contributed by atoms with Crippen LogP contribution in [0, 0.1) is 17.5 Å². The zero-order chi connectivity index (χ0) is 14.0. The van der Waals surface area contributed by atoms with Gasteiger partial charge in [0, 0.05) is 17.0 Å². The summed E-state index contributed by atoms with van der Waals surface area (Å²) < 4.78 is 40.0. The van der Waals surface area contributed by atoms with Gasteiger partial charge in [0.2, 0.25) is 0 Å². The Labute approximate surface area is 113 Å². The third-order valence-electron chi connectivity index (χ3n) is 2.77. The Balaban J connectivity index is 2.25. The molecule has 0 bridgehead atoms. The molecular weight excluding hydrogens is 277 g/mol. The van der Waals surface area contributed by atoms with E-state index in [0.29, 0.717) is 0 Å². The van der Waals surface area contributed by atoms with Crippen LogP contribution in [0.15, 0.2) is 36.4 Å². The predicted molar refractivity (Wildman–Crippen MR) is 66.4 cm³/mol. The van der Waals surface area contributed by atoms with Crippen LogP contribution in [0.5, 0.6) is 0 Å². The number of benzene rings is 2. The summed E-state index contributed by atoms with van der Waals surface area (Å²) in [6.07, 6.45) is -1.49. The summed E-state index contributed by atoms with van der Waals surface area (Å²) in [6.45, 7) is 0. The SMILES string of the molecule is OC(Cc1ccc(Cl)cc1F)c1cccc(F)c1F. The molecule has 1 atom stereocenters. The number of hydrogen-bond donors (Lipinski definition) is 1. The van der Waals surface area contributed by atoms with Crippen LogP contribution in [0.2, 0.25) is 5.02 Å². The van der Waals surface area contributed by atoms with Gasteiger partial charge in [0.15, 0.2) is 11.6 Å². The Hall–Kier alpha value is -1.52. The lowest BCUT2D eigenvalue weighted by Gasteiger charge is -2.13. The first kappa shape index (κ1) is 13.9. The van der Waals surface area contributed by atoms with Crippen molar-refractivity contribution in [3.8, 4) is 0 Å². The van der Waals surface area contributed by atoms with Gasteiger partial charge in [-0.05, 0) is 23.8 Å². The van der Waals surface area contributed by atoms with Crippen molar-refractivity contribution in [2.45, 2.75) is 12.5 Å². The second-order valence-electron chi connectivity index (χ2n) is 4.10.